The third-order valence-electron chi connectivity index (χ3n) is 1.89. The third-order valence-corrected chi connectivity index (χ3v) is 1.89. The summed E-state index contributed by atoms with van der Waals surface area (Å²) in [5.41, 5.74) is 4.95. The zero-order chi connectivity index (χ0) is 13.4. The normalized spacial score (nSPS) is 12.3. The predicted octanol–water partition coefficient (Wildman–Crippen LogP) is 1.51. The van der Waals surface area contributed by atoms with E-state index in [9.17, 15) is 14.9 Å². The first-order chi connectivity index (χ1) is 7.12. The molecule has 1 atom stereocenters. The Kier molecular flexibility index (Phi) is 8.66. The van der Waals surface area contributed by atoms with Gasteiger partial charge in [-0.2, -0.15) is 0 Å². The highest BCUT2D eigenvalue weighted by Gasteiger charge is 2.26. The lowest BCUT2D eigenvalue weighted by Crippen LogP contribution is -2.41. The first kappa shape index (κ1) is 17.2. The summed E-state index contributed by atoms with van der Waals surface area (Å²) in [7, 11) is 0. The van der Waals surface area contributed by atoms with Crippen molar-refractivity contribution in [2.75, 3.05) is 6.54 Å². The van der Waals surface area contributed by atoms with Gasteiger partial charge < -0.3 is 10.8 Å². The molecule has 0 bridgehead atoms. The van der Waals surface area contributed by atoms with Crippen molar-refractivity contribution in [3.05, 3.63) is 10.1 Å². The van der Waals surface area contributed by atoms with Crippen LogP contribution in [-0.4, -0.2) is 28.6 Å². The fourth-order valence-electron chi connectivity index (χ4n) is 0.658. The maximum atomic E-state index is 10.2. The van der Waals surface area contributed by atoms with Gasteiger partial charge in [0.25, 0.3) is 0 Å². The molecule has 0 heterocycles. The van der Waals surface area contributed by atoms with E-state index < -0.39 is 12.0 Å². The van der Waals surface area contributed by atoms with Gasteiger partial charge in [-0.3, -0.25) is 14.9 Å². The molecule has 3 N–H and O–H groups in total. The van der Waals surface area contributed by atoms with Crippen LogP contribution in [0.25, 0.3) is 0 Å². The molecule has 0 amide bonds. The maximum absolute atomic E-state index is 10.2. The number of carboxylic acids is 1. The number of unbranched alkanes of at least 4 members (excludes halogenated alkanes) is 1. The Morgan fingerprint density at radius 3 is 2.00 bits per heavy atom. The van der Waals surface area contributed by atoms with E-state index in [-0.39, 0.29) is 16.9 Å². The van der Waals surface area contributed by atoms with Gasteiger partial charge in [-0.05, 0) is 11.8 Å². The van der Waals surface area contributed by atoms with Crippen LogP contribution in [0.4, 0.5) is 0 Å². The van der Waals surface area contributed by atoms with E-state index in [0.29, 0.717) is 6.42 Å². The van der Waals surface area contributed by atoms with E-state index in [2.05, 4.69) is 0 Å². The first-order valence-electron chi connectivity index (χ1n) is 5.23. The highest BCUT2D eigenvalue weighted by atomic mass is 16.6. The van der Waals surface area contributed by atoms with Crippen LogP contribution in [0.15, 0.2) is 0 Å². The monoisotopic (exact) mass is 234 g/mol. The Bertz CT molecular complexity index is 223. The molecule has 16 heavy (non-hydrogen) atoms. The van der Waals surface area contributed by atoms with Gasteiger partial charge >= 0.3 is 5.97 Å². The highest BCUT2D eigenvalue weighted by molar-refractivity contribution is 5.74. The van der Waals surface area contributed by atoms with E-state index in [1.54, 1.807) is 20.8 Å². The average molecular weight is 234 g/mol. The SMILES string of the molecule is CC(C)(C)C(N)C(=O)O.CCCC[N+](=O)[O-]. The summed E-state index contributed by atoms with van der Waals surface area (Å²) in [6, 6.07) is -0.766. The number of rotatable bonds is 4. The van der Waals surface area contributed by atoms with Crippen LogP contribution in [0, 0.1) is 15.5 Å². The summed E-state index contributed by atoms with van der Waals surface area (Å²) >= 11 is 0. The van der Waals surface area contributed by atoms with Crippen LogP contribution >= 0.6 is 0 Å². The molecular weight excluding hydrogens is 212 g/mol. The molecule has 1 unspecified atom stereocenters. The Morgan fingerprint density at radius 2 is 1.94 bits per heavy atom. The molecule has 96 valence electrons. The van der Waals surface area contributed by atoms with Gasteiger partial charge in [-0.15, -0.1) is 0 Å². The van der Waals surface area contributed by atoms with E-state index >= 15 is 0 Å². The second-order valence-electron chi connectivity index (χ2n) is 4.59. The van der Waals surface area contributed by atoms with Gasteiger partial charge in [0, 0.05) is 11.3 Å². The Morgan fingerprint density at radius 1 is 1.50 bits per heavy atom. The molecule has 0 saturated carbocycles. The largest absolute Gasteiger partial charge is 0.480 e. The second-order valence-corrected chi connectivity index (χ2v) is 4.59. The number of nitrogens with two attached hydrogens (primary N) is 1. The van der Waals surface area contributed by atoms with Crippen molar-refractivity contribution in [2.24, 2.45) is 11.1 Å². The minimum atomic E-state index is -0.942. The van der Waals surface area contributed by atoms with Crippen molar-refractivity contribution in [3.8, 4) is 0 Å². The van der Waals surface area contributed by atoms with Crippen LogP contribution in [0.5, 0.6) is 0 Å². The van der Waals surface area contributed by atoms with Gasteiger partial charge in [0.05, 0.1) is 0 Å². The number of hydrogen-bond acceptors (Lipinski definition) is 4. The minimum Gasteiger partial charge on any atom is -0.480 e. The van der Waals surface area contributed by atoms with Crippen molar-refractivity contribution in [3.63, 3.8) is 0 Å². The number of nitro groups is 1. The van der Waals surface area contributed by atoms with Crippen LogP contribution in [0.2, 0.25) is 0 Å². The van der Waals surface area contributed by atoms with Gasteiger partial charge in [-0.25, -0.2) is 0 Å². The van der Waals surface area contributed by atoms with Crippen molar-refractivity contribution >= 4 is 5.97 Å². The van der Waals surface area contributed by atoms with Crippen molar-refractivity contribution in [2.45, 2.75) is 46.6 Å². The van der Waals surface area contributed by atoms with Gasteiger partial charge in [-0.1, -0.05) is 27.7 Å². The highest BCUT2D eigenvalue weighted by Crippen LogP contribution is 2.16. The molecule has 0 rings (SSSR count). The minimum absolute atomic E-state index is 0.122. The average Bonchev–Trinajstić information content (AvgIpc) is 2.12. The standard InChI is InChI=1S/C6H13NO2.C4H9NO2/c1-6(2,3)4(7)5(8)9;1-2-3-4-5(6)7/h4H,7H2,1-3H3,(H,8,9);2-4H2,1H3. The molecule has 0 saturated heterocycles. The molecule has 0 fully saturated rings. The molecule has 0 aliphatic carbocycles. The quantitative estimate of drug-likeness (QED) is 0.566. The van der Waals surface area contributed by atoms with Crippen LogP contribution in [0.1, 0.15) is 40.5 Å². The fourth-order valence-corrected chi connectivity index (χ4v) is 0.658. The topological polar surface area (TPSA) is 106 Å². The number of nitrogens with zero attached hydrogens (tertiary/aromatic N) is 1. The third kappa shape index (κ3) is 10.9. The molecule has 0 aromatic carbocycles. The lowest BCUT2D eigenvalue weighted by molar-refractivity contribution is -0.480. The van der Waals surface area contributed by atoms with Crippen LogP contribution in [0.3, 0.4) is 0 Å². The lowest BCUT2D eigenvalue weighted by atomic mass is 9.88. The van der Waals surface area contributed by atoms with Gasteiger partial charge in [0.15, 0.2) is 0 Å². The maximum Gasteiger partial charge on any atom is 0.321 e. The summed E-state index contributed by atoms with van der Waals surface area (Å²) in [4.78, 5) is 19.5. The summed E-state index contributed by atoms with van der Waals surface area (Å²) in [5, 5.41) is 18.0. The second kappa shape index (κ2) is 8.04. The Labute approximate surface area is 96.0 Å². The van der Waals surface area contributed by atoms with Crippen molar-refractivity contribution in [1.82, 2.24) is 0 Å². The summed E-state index contributed by atoms with van der Waals surface area (Å²) in [6.07, 6.45) is 1.61. The Balaban J connectivity index is 0. The van der Waals surface area contributed by atoms with Crippen LogP contribution < -0.4 is 5.73 Å². The lowest BCUT2D eigenvalue weighted by Gasteiger charge is -2.22. The number of aliphatic carboxylic acids is 1. The fraction of sp³-hybridized carbons (Fsp3) is 0.900. The zero-order valence-electron chi connectivity index (χ0n) is 10.4. The summed E-state index contributed by atoms with van der Waals surface area (Å²) < 4.78 is 0. The molecule has 0 spiro atoms. The molecule has 6 heteroatoms. The molecule has 0 radical (unpaired) electrons. The van der Waals surface area contributed by atoms with E-state index in [4.69, 9.17) is 10.8 Å². The van der Waals surface area contributed by atoms with E-state index in [1.807, 2.05) is 6.92 Å². The number of carboxylic acid groups (broad SMARTS) is 1. The molecule has 6 nitrogen and oxygen atoms in total. The number of hydrogen-bond donors (Lipinski definition) is 2. The van der Waals surface area contributed by atoms with Gasteiger partial charge in [0.1, 0.15) is 6.04 Å². The summed E-state index contributed by atoms with van der Waals surface area (Å²) in [6.45, 7) is 7.45. The molecule has 0 aliphatic heterocycles. The van der Waals surface area contributed by atoms with Gasteiger partial charge in [0.2, 0.25) is 6.54 Å². The smallest absolute Gasteiger partial charge is 0.321 e. The molecule has 0 aromatic heterocycles. The van der Waals surface area contributed by atoms with Crippen molar-refractivity contribution in [1.29, 1.82) is 0 Å². The molecular formula is C10H22N2O4. The molecule has 0 aliphatic rings. The predicted molar refractivity (Wildman–Crippen MR) is 61.8 cm³/mol. The Hall–Kier alpha value is -1.17. The van der Waals surface area contributed by atoms with Crippen LogP contribution in [-0.2, 0) is 4.79 Å². The molecule has 0 aromatic rings. The van der Waals surface area contributed by atoms with Crippen molar-refractivity contribution < 1.29 is 14.8 Å². The summed E-state index contributed by atoms with van der Waals surface area (Å²) in [5.74, 6) is -0.942. The van der Waals surface area contributed by atoms with E-state index in [1.165, 1.54) is 0 Å². The van der Waals surface area contributed by atoms with E-state index in [0.717, 1.165) is 6.42 Å². The zero-order valence-corrected chi connectivity index (χ0v) is 10.4. The number of carbonyl (C=O) groups is 1. The first-order valence-corrected chi connectivity index (χ1v) is 5.23.